The molecule has 2 heterocycles. The summed E-state index contributed by atoms with van der Waals surface area (Å²) in [7, 11) is 0. The Labute approximate surface area is 144 Å². The van der Waals surface area contributed by atoms with Crippen LogP contribution in [0, 0.1) is 13.0 Å². The molecule has 1 radical (unpaired) electrons. The molecule has 1 aromatic carbocycles. The van der Waals surface area contributed by atoms with Gasteiger partial charge in [0, 0.05) is 31.7 Å². The Balaban J connectivity index is 0.00000176. The van der Waals surface area contributed by atoms with E-state index in [1.54, 1.807) is 12.3 Å². The maximum Gasteiger partial charge on any atom is 0.131 e. The molecule has 0 fully saturated rings. The largest absolute Gasteiger partial charge is 0.357 e. The zero-order valence-electron chi connectivity index (χ0n) is 12.7. The summed E-state index contributed by atoms with van der Waals surface area (Å²) in [5, 5.41) is 8.76. The summed E-state index contributed by atoms with van der Waals surface area (Å²) in [4.78, 5) is 4.33. The van der Waals surface area contributed by atoms with Gasteiger partial charge in [-0.15, -0.1) is 17.2 Å². The summed E-state index contributed by atoms with van der Waals surface area (Å²) in [6, 6.07) is 15.2. The molecule has 4 nitrogen and oxygen atoms in total. The van der Waals surface area contributed by atoms with Crippen LogP contribution in [0.15, 0.2) is 42.6 Å². The van der Waals surface area contributed by atoms with Gasteiger partial charge >= 0.3 is 0 Å². The molecular formula is C17H17IrN4-. The van der Waals surface area contributed by atoms with Crippen molar-refractivity contribution < 1.29 is 20.1 Å². The molecule has 0 saturated carbocycles. The standard InChI is InChI=1S/C17H17N4.Ir/c1-12(2)16-19-20-17(15-10-7-11-18-13(15)3)21(16)14-8-5-4-6-9-14;/h4-9,11-12H,1-3H3;/q-1;. The zero-order chi connectivity index (χ0) is 14.8. The van der Waals surface area contributed by atoms with Crippen LogP contribution in [0.4, 0.5) is 0 Å². The molecular weight excluding hydrogens is 452 g/mol. The number of rotatable bonds is 3. The van der Waals surface area contributed by atoms with E-state index in [-0.39, 0.29) is 26.0 Å². The fraction of sp³-hybridized carbons (Fsp3) is 0.235. The molecule has 0 aliphatic rings. The van der Waals surface area contributed by atoms with Gasteiger partial charge in [-0.2, -0.15) is 5.10 Å². The van der Waals surface area contributed by atoms with Crippen molar-refractivity contribution in [2.45, 2.75) is 26.7 Å². The summed E-state index contributed by atoms with van der Waals surface area (Å²) < 4.78 is 2.09. The van der Waals surface area contributed by atoms with Gasteiger partial charge in [-0.05, 0) is 17.8 Å². The summed E-state index contributed by atoms with van der Waals surface area (Å²) in [6.07, 6.45) is 1.74. The molecule has 115 valence electrons. The van der Waals surface area contributed by atoms with Crippen LogP contribution in [0.5, 0.6) is 0 Å². The van der Waals surface area contributed by atoms with Crippen LogP contribution < -0.4 is 0 Å². The van der Waals surface area contributed by atoms with Gasteiger partial charge in [0.25, 0.3) is 0 Å². The number of pyridine rings is 1. The molecule has 0 unspecified atom stereocenters. The van der Waals surface area contributed by atoms with Gasteiger partial charge in [-0.1, -0.05) is 50.7 Å². The predicted octanol–water partition coefficient (Wildman–Crippen LogP) is 3.56. The van der Waals surface area contributed by atoms with Gasteiger partial charge in [-0.3, -0.25) is 0 Å². The SMILES string of the molecule is Cc1ncc[c-]c1-c1nnc(C(C)C)n1-c1ccccc1.[Ir]. The Hall–Kier alpha value is -1.84. The van der Waals surface area contributed by atoms with Crippen molar-refractivity contribution in [1.29, 1.82) is 0 Å². The molecule has 3 aromatic rings. The van der Waals surface area contributed by atoms with Gasteiger partial charge in [0.05, 0.1) is 5.82 Å². The molecule has 0 N–H and O–H groups in total. The molecule has 2 aromatic heterocycles. The van der Waals surface area contributed by atoms with E-state index in [9.17, 15) is 0 Å². The molecule has 0 atom stereocenters. The van der Waals surface area contributed by atoms with Gasteiger partial charge in [0.2, 0.25) is 0 Å². The third kappa shape index (κ3) is 3.01. The maximum absolute atomic E-state index is 4.39. The summed E-state index contributed by atoms with van der Waals surface area (Å²) >= 11 is 0. The van der Waals surface area contributed by atoms with Gasteiger partial charge in [0.1, 0.15) is 5.82 Å². The summed E-state index contributed by atoms with van der Waals surface area (Å²) in [5.74, 6) is 2.01. The average Bonchev–Trinajstić information content (AvgIpc) is 2.93. The number of hydrogen-bond acceptors (Lipinski definition) is 3. The van der Waals surface area contributed by atoms with Crippen LogP contribution in [0.3, 0.4) is 0 Å². The van der Waals surface area contributed by atoms with E-state index in [4.69, 9.17) is 0 Å². The van der Waals surface area contributed by atoms with E-state index in [1.807, 2.05) is 25.1 Å². The second-order valence-electron chi connectivity index (χ2n) is 5.26. The van der Waals surface area contributed by atoms with E-state index in [0.29, 0.717) is 0 Å². The minimum Gasteiger partial charge on any atom is -0.357 e. The fourth-order valence-electron chi connectivity index (χ4n) is 2.33. The first kappa shape index (κ1) is 16.5. The number of aryl methyl sites for hydroxylation is 1. The first-order valence-corrected chi connectivity index (χ1v) is 7.03. The van der Waals surface area contributed by atoms with Gasteiger partial charge < -0.3 is 9.55 Å². The molecule has 5 heteroatoms. The number of nitrogens with zero attached hydrogens (tertiary/aromatic N) is 4. The Kier molecular flexibility index (Phi) is 5.22. The van der Waals surface area contributed by atoms with Crippen molar-refractivity contribution >= 4 is 0 Å². The van der Waals surface area contributed by atoms with Crippen LogP contribution in [-0.2, 0) is 20.1 Å². The average molecular weight is 470 g/mol. The number of aromatic nitrogens is 4. The van der Waals surface area contributed by atoms with Crippen LogP contribution in [0.1, 0.15) is 31.3 Å². The monoisotopic (exact) mass is 470 g/mol. The van der Waals surface area contributed by atoms with E-state index < -0.39 is 0 Å². The van der Waals surface area contributed by atoms with Gasteiger partial charge in [0.15, 0.2) is 0 Å². The quantitative estimate of drug-likeness (QED) is 0.551. The molecule has 0 spiro atoms. The first-order chi connectivity index (χ1) is 10.2. The van der Waals surface area contributed by atoms with Crippen molar-refractivity contribution in [1.82, 2.24) is 19.7 Å². The third-order valence-corrected chi connectivity index (χ3v) is 3.37. The van der Waals surface area contributed by atoms with Crippen LogP contribution >= 0.6 is 0 Å². The second-order valence-corrected chi connectivity index (χ2v) is 5.26. The zero-order valence-corrected chi connectivity index (χ0v) is 15.1. The minimum atomic E-state index is 0. The molecule has 22 heavy (non-hydrogen) atoms. The van der Waals surface area contributed by atoms with Crippen LogP contribution in [0.25, 0.3) is 17.1 Å². The Morgan fingerprint density at radius 2 is 1.82 bits per heavy atom. The minimum absolute atomic E-state index is 0. The Morgan fingerprint density at radius 3 is 2.45 bits per heavy atom. The van der Waals surface area contributed by atoms with Gasteiger partial charge in [-0.25, -0.2) is 0 Å². The van der Waals surface area contributed by atoms with Crippen molar-refractivity contribution in [3.05, 3.63) is 60.2 Å². The molecule has 3 rings (SSSR count). The normalized spacial score (nSPS) is 10.5. The second kappa shape index (κ2) is 6.95. The van der Waals surface area contributed by atoms with E-state index in [1.165, 1.54) is 0 Å². The smallest absolute Gasteiger partial charge is 0.131 e. The molecule has 0 aliphatic carbocycles. The molecule has 0 amide bonds. The topological polar surface area (TPSA) is 43.6 Å². The molecule has 0 aliphatic heterocycles. The van der Waals surface area contributed by atoms with E-state index in [0.717, 1.165) is 28.6 Å². The van der Waals surface area contributed by atoms with E-state index >= 15 is 0 Å². The Bertz CT molecular complexity index is 750. The Morgan fingerprint density at radius 1 is 1.09 bits per heavy atom. The van der Waals surface area contributed by atoms with Crippen molar-refractivity contribution in [2.24, 2.45) is 0 Å². The van der Waals surface area contributed by atoms with E-state index in [2.05, 4.69) is 51.8 Å². The number of para-hydroxylation sites is 1. The number of benzene rings is 1. The molecule has 0 bridgehead atoms. The predicted molar refractivity (Wildman–Crippen MR) is 82.3 cm³/mol. The van der Waals surface area contributed by atoms with Crippen molar-refractivity contribution in [3.63, 3.8) is 0 Å². The molecule has 0 saturated heterocycles. The first-order valence-electron chi connectivity index (χ1n) is 7.03. The maximum atomic E-state index is 4.39. The van der Waals surface area contributed by atoms with Crippen LogP contribution in [0.2, 0.25) is 0 Å². The fourth-order valence-corrected chi connectivity index (χ4v) is 2.33. The van der Waals surface area contributed by atoms with Crippen molar-refractivity contribution in [3.8, 4) is 17.1 Å². The summed E-state index contributed by atoms with van der Waals surface area (Å²) in [5.41, 5.74) is 2.84. The van der Waals surface area contributed by atoms with Crippen LogP contribution in [-0.4, -0.2) is 19.7 Å². The number of hydrogen-bond donors (Lipinski definition) is 0. The third-order valence-electron chi connectivity index (χ3n) is 3.37. The van der Waals surface area contributed by atoms with Crippen molar-refractivity contribution in [2.75, 3.05) is 0 Å². The summed E-state index contributed by atoms with van der Waals surface area (Å²) in [6.45, 7) is 6.20.